The first-order valence-corrected chi connectivity index (χ1v) is 4.10. The molecule has 0 aromatic carbocycles. The van der Waals surface area contributed by atoms with Crippen molar-refractivity contribution < 1.29 is 0 Å². The summed E-state index contributed by atoms with van der Waals surface area (Å²) < 4.78 is 0. The molecule has 0 saturated heterocycles. The molecule has 2 radical (unpaired) electrons. The molecule has 1 rings (SSSR count). The molecule has 11 heavy (non-hydrogen) atoms. The van der Waals surface area contributed by atoms with E-state index in [9.17, 15) is 0 Å². The summed E-state index contributed by atoms with van der Waals surface area (Å²) in [6.07, 6.45) is 4.37. The summed E-state index contributed by atoms with van der Waals surface area (Å²) in [5.41, 5.74) is 4.25. The average Bonchev–Trinajstić information content (AvgIpc) is 2.17. The Kier molecular flexibility index (Phi) is 1.96. The van der Waals surface area contributed by atoms with E-state index in [0.29, 0.717) is 0 Å². The minimum absolute atomic E-state index is 0.119. The van der Waals surface area contributed by atoms with Crippen LogP contribution in [0.5, 0.6) is 0 Å². The highest BCUT2D eigenvalue weighted by atomic mass is 14.3. The van der Waals surface area contributed by atoms with Gasteiger partial charge in [-0.1, -0.05) is 19.4 Å². The van der Waals surface area contributed by atoms with E-state index in [1.54, 1.807) is 0 Å². The zero-order chi connectivity index (χ0) is 8.65. The normalized spacial score (nSPS) is 31.2. The number of rotatable bonds is 1. The summed E-state index contributed by atoms with van der Waals surface area (Å²) in [6.45, 7) is 12.6. The van der Waals surface area contributed by atoms with Crippen LogP contribution in [0.25, 0.3) is 0 Å². The number of allylic oxidation sites excluding steroid dienone is 4. The first-order valence-electron chi connectivity index (χ1n) is 4.10. The van der Waals surface area contributed by atoms with Crippen LogP contribution in [0.4, 0.5) is 0 Å². The fraction of sp³-hybridized carbons (Fsp3) is 0.545. The Morgan fingerprint density at radius 1 is 1.36 bits per heavy atom. The summed E-state index contributed by atoms with van der Waals surface area (Å²) in [5.74, 6) is 0. The van der Waals surface area contributed by atoms with Gasteiger partial charge in [-0.3, -0.25) is 0 Å². The molecule has 0 spiro atoms. The Morgan fingerprint density at radius 2 is 1.91 bits per heavy atom. The molecular weight excluding hydrogens is 132 g/mol. The number of hydrogen-bond acceptors (Lipinski definition) is 0. The van der Waals surface area contributed by atoms with Gasteiger partial charge in [0.1, 0.15) is 0 Å². The Hall–Kier alpha value is -0.520. The van der Waals surface area contributed by atoms with E-state index in [1.807, 2.05) is 0 Å². The second-order valence-corrected chi connectivity index (χ2v) is 3.58. The molecule has 1 atom stereocenters. The van der Waals surface area contributed by atoms with E-state index >= 15 is 0 Å². The van der Waals surface area contributed by atoms with Crippen LogP contribution >= 0.6 is 0 Å². The highest BCUT2D eigenvalue weighted by molar-refractivity contribution is 5.41. The zero-order valence-corrected chi connectivity index (χ0v) is 7.91. The molecule has 1 aliphatic rings. The van der Waals surface area contributed by atoms with Crippen LogP contribution in [0.1, 0.15) is 34.1 Å². The molecule has 1 unspecified atom stereocenters. The molecule has 0 aromatic rings. The molecule has 0 fully saturated rings. The van der Waals surface area contributed by atoms with E-state index in [-0.39, 0.29) is 5.41 Å². The Balaban J connectivity index is 3.09. The van der Waals surface area contributed by atoms with Crippen LogP contribution in [0, 0.1) is 18.4 Å². The predicted molar refractivity (Wildman–Crippen MR) is 48.9 cm³/mol. The zero-order valence-electron chi connectivity index (χ0n) is 7.91. The maximum atomic E-state index is 3.95. The summed E-state index contributed by atoms with van der Waals surface area (Å²) in [5, 5.41) is 0. The Morgan fingerprint density at radius 3 is 2.09 bits per heavy atom. The first kappa shape index (κ1) is 8.58. The summed E-state index contributed by atoms with van der Waals surface area (Å²) in [7, 11) is 0. The van der Waals surface area contributed by atoms with Crippen molar-refractivity contribution in [1.29, 1.82) is 0 Å². The smallest absolute Gasteiger partial charge is 0.0142 e. The van der Waals surface area contributed by atoms with Crippen molar-refractivity contribution in [2.24, 2.45) is 5.41 Å². The van der Waals surface area contributed by atoms with Gasteiger partial charge in [-0.25, -0.2) is 0 Å². The highest BCUT2D eigenvalue weighted by Gasteiger charge is 2.29. The van der Waals surface area contributed by atoms with Gasteiger partial charge >= 0.3 is 0 Å². The van der Waals surface area contributed by atoms with Crippen LogP contribution in [0.3, 0.4) is 0 Å². The lowest BCUT2D eigenvalue weighted by atomic mass is 9.82. The molecule has 0 heterocycles. The fourth-order valence-corrected chi connectivity index (χ4v) is 1.55. The molecule has 0 bridgehead atoms. The quantitative estimate of drug-likeness (QED) is 0.535. The van der Waals surface area contributed by atoms with E-state index in [0.717, 1.165) is 6.42 Å². The van der Waals surface area contributed by atoms with Gasteiger partial charge in [0, 0.05) is 5.41 Å². The van der Waals surface area contributed by atoms with Crippen molar-refractivity contribution in [3.05, 3.63) is 29.7 Å². The average molecular weight is 148 g/mol. The van der Waals surface area contributed by atoms with E-state index in [4.69, 9.17) is 0 Å². The van der Waals surface area contributed by atoms with E-state index in [2.05, 4.69) is 40.7 Å². The minimum Gasteiger partial charge on any atom is -0.0598 e. The third-order valence-electron chi connectivity index (χ3n) is 2.92. The molecular formula is C11H16. The molecule has 1 aliphatic carbocycles. The molecule has 0 amide bonds. The molecule has 0 aromatic heterocycles. The minimum atomic E-state index is 0.119. The molecule has 0 heteroatoms. The standard InChI is InChI=1S/C11H16/c1-6-11(5)7-8(2)9(3)10(11)4/h1,6H2,2-5H3. The van der Waals surface area contributed by atoms with Gasteiger partial charge in [-0.15, -0.1) is 0 Å². The maximum absolute atomic E-state index is 3.95. The topological polar surface area (TPSA) is 0 Å². The van der Waals surface area contributed by atoms with E-state index in [1.165, 1.54) is 16.7 Å². The molecule has 0 aliphatic heterocycles. The Labute approximate surface area is 70.0 Å². The van der Waals surface area contributed by atoms with E-state index < -0.39 is 0 Å². The van der Waals surface area contributed by atoms with Crippen molar-refractivity contribution in [3.63, 3.8) is 0 Å². The van der Waals surface area contributed by atoms with Gasteiger partial charge in [0.25, 0.3) is 0 Å². The second-order valence-electron chi connectivity index (χ2n) is 3.58. The lowest BCUT2D eigenvalue weighted by molar-refractivity contribution is 0.509. The van der Waals surface area contributed by atoms with Gasteiger partial charge in [0.15, 0.2) is 0 Å². The van der Waals surface area contributed by atoms with Gasteiger partial charge < -0.3 is 0 Å². The third-order valence-corrected chi connectivity index (χ3v) is 2.92. The number of hydrogen-bond donors (Lipinski definition) is 0. The van der Waals surface area contributed by atoms with Crippen molar-refractivity contribution in [2.45, 2.75) is 34.1 Å². The summed E-state index contributed by atoms with van der Waals surface area (Å²) >= 11 is 0. The Bertz CT molecular complexity index is 230. The van der Waals surface area contributed by atoms with Gasteiger partial charge in [-0.2, -0.15) is 0 Å². The molecule has 60 valence electrons. The SMILES string of the molecule is [CH2]CC1(C)[C]=C(C)C(C)=C1C. The van der Waals surface area contributed by atoms with Crippen LogP contribution < -0.4 is 0 Å². The van der Waals surface area contributed by atoms with Crippen molar-refractivity contribution >= 4 is 0 Å². The first-order chi connectivity index (χ1) is 5.01. The monoisotopic (exact) mass is 148 g/mol. The summed E-state index contributed by atoms with van der Waals surface area (Å²) in [4.78, 5) is 0. The van der Waals surface area contributed by atoms with Crippen molar-refractivity contribution in [3.8, 4) is 0 Å². The predicted octanol–water partition coefficient (Wildman–Crippen LogP) is 3.32. The van der Waals surface area contributed by atoms with Crippen LogP contribution in [-0.2, 0) is 0 Å². The maximum Gasteiger partial charge on any atom is 0.0142 e. The molecule has 0 nitrogen and oxygen atoms in total. The van der Waals surface area contributed by atoms with Gasteiger partial charge in [0.05, 0.1) is 0 Å². The largest absolute Gasteiger partial charge is 0.0598 e. The van der Waals surface area contributed by atoms with Crippen LogP contribution in [-0.4, -0.2) is 0 Å². The summed E-state index contributed by atoms with van der Waals surface area (Å²) in [6, 6.07) is 0. The third kappa shape index (κ3) is 1.15. The molecule has 0 N–H and O–H groups in total. The van der Waals surface area contributed by atoms with Gasteiger partial charge in [0.2, 0.25) is 0 Å². The van der Waals surface area contributed by atoms with Crippen molar-refractivity contribution in [2.75, 3.05) is 0 Å². The highest BCUT2D eigenvalue weighted by Crippen LogP contribution is 2.41. The molecule has 0 saturated carbocycles. The van der Waals surface area contributed by atoms with Crippen LogP contribution in [0.2, 0.25) is 0 Å². The second kappa shape index (κ2) is 2.51. The van der Waals surface area contributed by atoms with Crippen LogP contribution in [0.15, 0.2) is 16.7 Å². The van der Waals surface area contributed by atoms with Gasteiger partial charge in [-0.05, 0) is 44.4 Å². The van der Waals surface area contributed by atoms with Crippen molar-refractivity contribution in [1.82, 2.24) is 0 Å². The lowest BCUT2D eigenvalue weighted by Gasteiger charge is -2.21. The lowest BCUT2D eigenvalue weighted by Crippen LogP contribution is -2.11. The fourth-order valence-electron chi connectivity index (χ4n) is 1.55.